The van der Waals surface area contributed by atoms with Crippen molar-refractivity contribution in [3.63, 3.8) is 0 Å². The van der Waals surface area contributed by atoms with Crippen LogP contribution in [-0.2, 0) is 0 Å². The lowest BCUT2D eigenvalue weighted by molar-refractivity contribution is -0.387. The predicted octanol–water partition coefficient (Wildman–Crippen LogP) is 3.60. The van der Waals surface area contributed by atoms with E-state index >= 15 is 0 Å². The van der Waals surface area contributed by atoms with E-state index in [-0.39, 0.29) is 10.4 Å². The molecular formula is C10H15NO3S2. The van der Waals surface area contributed by atoms with Crippen molar-refractivity contribution in [2.75, 3.05) is 0 Å². The Morgan fingerprint density at radius 1 is 1.56 bits per heavy atom. The Bertz CT molecular complexity index is 393. The smallest absolute Gasteiger partial charge is 0.294 e. The van der Waals surface area contributed by atoms with Crippen LogP contribution in [-0.4, -0.2) is 14.8 Å². The maximum absolute atomic E-state index is 10.9. The molecule has 1 heterocycles. The zero-order chi connectivity index (χ0) is 12.5. The average molecular weight is 261 g/mol. The quantitative estimate of drug-likeness (QED) is 0.513. The van der Waals surface area contributed by atoms with Crippen LogP contribution >= 0.6 is 23.1 Å². The summed E-state index contributed by atoms with van der Waals surface area (Å²) in [6.45, 7) is 7.62. The third-order valence-corrected chi connectivity index (χ3v) is 4.30. The fraction of sp³-hybridized carbons (Fsp3) is 0.600. The van der Waals surface area contributed by atoms with Gasteiger partial charge in [-0.2, -0.15) is 0 Å². The molecule has 0 amide bonds. The lowest BCUT2D eigenvalue weighted by Gasteiger charge is -2.15. The molecule has 1 aromatic heterocycles. The molecule has 0 aliphatic rings. The molecule has 16 heavy (non-hydrogen) atoms. The minimum atomic E-state index is -0.655. The number of aliphatic hydroxyl groups is 1. The minimum Gasteiger partial charge on any atom is -0.388 e. The predicted molar refractivity (Wildman–Crippen MR) is 67.2 cm³/mol. The Labute approximate surface area is 103 Å². The number of hydrogen-bond donors (Lipinski definition) is 1. The van der Waals surface area contributed by atoms with Crippen molar-refractivity contribution >= 4 is 28.8 Å². The summed E-state index contributed by atoms with van der Waals surface area (Å²) in [7, 11) is 0. The molecule has 90 valence electrons. The van der Waals surface area contributed by atoms with E-state index in [1.54, 1.807) is 6.92 Å². The molecule has 1 rings (SSSR count). The number of hydrogen-bond acceptors (Lipinski definition) is 5. The van der Waals surface area contributed by atoms with Crippen molar-refractivity contribution in [3.8, 4) is 0 Å². The fourth-order valence-corrected chi connectivity index (χ4v) is 3.86. The molecule has 6 heteroatoms. The summed E-state index contributed by atoms with van der Waals surface area (Å²) < 4.78 is 0.583. The lowest BCUT2D eigenvalue weighted by Crippen LogP contribution is -2.06. The Morgan fingerprint density at radius 3 is 2.50 bits per heavy atom. The average Bonchev–Trinajstić information content (AvgIpc) is 2.44. The first-order valence-electron chi connectivity index (χ1n) is 4.86. The maximum Gasteiger partial charge on any atom is 0.294 e. The van der Waals surface area contributed by atoms with Gasteiger partial charge in [-0.05, 0) is 6.92 Å². The molecule has 0 spiro atoms. The van der Waals surface area contributed by atoms with Gasteiger partial charge in [-0.3, -0.25) is 10.1 Å². The highest BCUT2D eigenvalue weighted by molar-refractivity contribution is 8.02. The number of thiophene rings is 1. The van der Waals surface area contributed by atoms with Gasteiger partial charge < -0.3 is 5.11 Å². The van der Waals surface area contributed by atoms with Gasteiger partial charge in [0.2, 0.25) is 0 Å². The van der Waals surface area contributed by atoms with Gasteiger partial charge in [-0.15, -0.1) is 23.1 Å². The molecule has 1 N–H and O–H groups in total. The summed E-state index contributed by atoms with van der Waals surface area (Å²) in [6, 6.07) is 1.46. The van der Waals surface area contributed by atoms with E-state index in [0.29, 0.717) is 9.09 Å². The SMILES string of the molecule is C[C@@H](O)c1cc([N+](=O)[O-])c(SC(C)(C)C)s1. The standard InChI is InChI=1S/C10H15NO3S2/c1-6(12)8-5-7(11(13)14)9(15-8)16-10(2,3)4/h5-6,12H,1-4H3/t6-/m1/s1. The Kier molecular flexibility index (Phi) is 3.98. The van der Waals surface area contributed by atoms with E-state index in [4.69, 9.17) is 0 Å². The molecule has 0 aliphatic carbocycles. The van der Waals surface area contributed by atoms with Gasteiger partial charge in [-0.25, -0.2) is 0 Å². The van der Waals surface area contributed by atoms with Crippen LogP contribution in [0.2, 0.25) is 0 Å². The molecule has 0 bridgehead atoms. The zero-order valence-electron chi connectivity index (χ0n) is 9.68. The molecule has 0 aromatic carbocycles. The van der Waals surface area contributed by atoms with E-state index in [1.165, 1.54) is 29.2 Å². The molecule has 1 aromatic rings. The first-order chi connectivity index (χ1) is 7.20. The summed E-state index contributed by atoms with van der Waals surface area (Å²) >= 11 is 2.75. The van der Waals surface area contributed by atoms with Crippen molar-refractivity contribution in [2.45, 2.75) is 42.8 Å². The van der Waals surface area contributed by atoms with Crippen molar-refractivity contribution in [1.82, 2.24) is 0 Å². The van der Waals surface area contributed by atoms with E-state index < -0.39 is 11.0 Å². The van der Waals surface area contributed by atoms with Crippen LogP contribution in [0.4, 0.5) is 5.69 Å². The molecule has 0 saturated carbocycles. The Hall–Kier alpha value is -0.590. The normalized spacial score (nSPS) is 13.8. The monoisotopic (exact) mass is 261 g/mol. The first kappa shape index (κ1) is 13.5. The van der Waals surface area contributed by atoms with Gasteiger partial charge in [0.1, 0.15) is 4.21 Å². The number of thioether (sulfide) groups is 1. The molecule has 0 saturated heterocycles. The fourth-order valence-electron chi connectivity index (χ4n) is 1.07. The van der Waals surface area contributed by atoms with Gasteiger partial charge in [0.05, 0.1) is 11.0 Å². The molecular weight excluding hydrogens is 246 g/mol. The largest absolute Gasteiger partial charge is 0.388 e. The second kappa shape index (κ2) is 4.73. The van der Waals surface area contributed by atoms with E-state index in [9.17, 15) is 15.2 Å². The van der Waals surface area contributed by atoms with Gasteiger partial charge in [-0.1, -0.05) is 20.8 Å². The van der Waals surface area contributed by atoms with Crippen molar-refractivity contribution < 1.29 is 10.0 Å². The van der Waals surface area contributed by atoms with Gasteiger partial charge in [0.25, 0.3) is 5.69 Å². The molecule has 4 nitrogen and oxygen atoms in total. The molecule has 0 unspecified atom stereocenters. The summed E-state index contributed by atoms with van der Waals surface area (Å²) in [6.07, 6.45) is -0.655. The molecule has 0 radical (unpaired) electrons. The van der Waals surface area contributed by atoms with Gasteiger partial charge in [0.15, 0.2) is 0 Å². The minimum absolute atomic E-state index is 0.0778. The number of nitrogens with zero attached hydrogens (tertiary/aromatic N) is 1. The summed E-state index contributed by atoms with van der Waals surface area (Å²) in [4.78, 5) is 11.1. The van der Waals surface area contributed by atoms with Crippen LogP contribution < -0.4 is 0 Å². The van der Waals surface area contributed by atoms with E-state index in [0.717, 1.165) is 0 Å². The number of aliphatic hydroxyl groups excluding tert-OH is 1. The van der Waals surface area contributed by atoms with Crippen molar-refractivity contribution in [3.05, 3.63) is 21.1 Å². The van der Waals surface area contributed by atoms with Crippen LogP contribution in [0.3, 0.4) is 0 Å². The number of nitro groups is 1. The highest BCUT2D eigenvalue weighted by Gasteiger charge is 2.25. The van der Waals surface area contributed by atoms with Crippen molar-refractivity contribution in [1.29, 1.82) is 0 Å². The third kappa shape index (κ3) is 3.47. The third-order valence-electron chi connectivity index (χ3n) is 1.71. The van der Waals surface area contributed by atoms with Crippen LogP contribution in [0.15, 0.2) is 10.3 Å². The number of rotatable bonds is 3. The van der Waals surface area contributed by atoms with E-state index in [1.807, 2.05) is 20.8 Å². The second-order valence-electron chi connectivity index (χ2n) is 4.47. The summed E-state index contributed by atoms with van der Waals surface area (Å²) in [5.74, 6) is 0. The highest BCUT2D eigenvalue weighted by Crippen LogP contribution is 2.44. The topological polar surface area (TPSA) is 63.4 Å². The summed E-state index contributed by atoms with van der Waals surface area (Å²) in [5.41, 5.74) is 0.0980. The Balaban J connectivity index is 3.10. The molecule has 1 atom stereocenters. The maximum atomic E-state index is 10.9. The van der Waals surface area contributed by atoms with Crippen molar-refractivity contribution in [2.24, 2.45) is 0 Å². The van der Waals surface area contributed by atoms with Crippen LogP contribution in [0, 0.1) is 10.1 Å². The Morgan fingerprint density at radius 2 is 2.12 bits per heavy atom. The van der Waals surface area contributed by atoms with Gasteiger partial charge >= 0.3 is 0 Å². The van der Waals surface area contributed by atoms with E-state index in [2.05, 4.69) is 0 Å². The molecule has 0 aliphatic heterocycles. The van der Waals surface area contributed by atoms with Crippen LogP contribution in [0.1, 0.15) is 38.7 Å². The van der Waals surface area contributed by atoms with Gasteiger partial charge in [0, 0.05) is 15.7 Å². The zero-order valence-corrected chi connectivity index (χ0v) is 11.3. The summed E-state index contributed by atoms with van der Waals surface area (Å²) in [5, 5.41) is 20.3. The highest BCUT2D eigenvalue weighted by atomic mass is 32.2. The van der Waals surface area contributed by atoms with Crippen LogP contribution in [0.25, 0.3) is 0 Å². The molecule has 0 fully saturated rings. The van der Waals surface area contributed by atoms with Crippen LogP contribution in [0.5, 0.6) is 0 Å². The first-order valence-corrected chi connectivity index (χ1v) is 6.49. The second-order valence-corrected chi connectivity index (χ2v) is 7.65. The lowest BCUT2D eigenvalue weighted by atomic mass is 10.3.